The minimum absolute atomic E-state index is 0.00145. The first-order chi connectivity index (χ1) is 11.6. The van der Waals surface area contributed by atoms with Gasteiger partial charge in [0.05, 0.1) is 12.7 Å². The fourth-order valence-corrected chi connectivity index (χ4v) is 2.76. The molecular formula is C17H27N6OS+. The number of nitrogens with one attached hydrogen (secondary N) is 2. The van der Waals surface area contributed by atoms with Gasteiger partial charge in [0.2, 0.25) is 4.77 Å². The van der Waals surface area contributed by atoms with Gasteiger partial charge in [-0.05, 0) is 74.5 Å². The van der Waals surface area contributed by atoms with Gasteiger partial charge in [-0.25, -0.2) is 0 Å². The number of tetrazole rings is 1. The second-order valence-electron chi connectivity index (χ2n) is 7.55. The molecule has 8 heteroatoms. The molecule has 2 rings (SSSR count). The van der Waals surface area contributed by atoms with Crippen molar-refractivity contribution < 1.29 is 9.69 Å². The lowest BCUT2D eigenvalue weighted by Gasteiger charge is -2.21. The van der Waals surface area contributed by atoms with Crippen molar-refractivity contribution in [3.63, 3.8) is 0 Å². The predicted molar refractivity (Wildman–Crippen MR) is 99.3 cm³/mol. The number of rotatable bonds is 5. The highest BCUT2D eigenvalue weighted by Crippen LogP contribution is 2.14. The standard InChI is InChI=1S/C17H26N6OS/c1-12-7-8-13(2)14(9-12)23-16(25)22(19-20-23)11-21(6)10-15(24)18-17(3,4)5/h7-9H,10-11H2,1-6H3,(H,18,24)/p+1. The Balaban J connectivity index is 2.12. The predicted octanol–water partition coefficient (Wildman–Crippen LogP) is 0.802. The van der Waals surface area contributed by atoms with Crippen molar-refractivity contribution in [2.75, 3.05) is 13.6 Å². The van der Waals surface area contributed by atoms with Gasteiger partial charge in [-0.15, -0.1) is 0 Å². The SMILES string of the molecule is Cc1ccc(C)c(-n2nnn(C[NH+](C)CC(=O)NC(C)(C)C)c2=S)c1. The van der Waals surface area contributed by atoms with E-state index in [1.165, 1.54) is 0 Å². The van der Waals surface area contributed by atoms with Crippen LogP contribution < -0.4 is 10.2 Å². The van der Waals surface area contributed by atoms with Crippen molar-refractivity contribution in [2.45, 2.75) is 46.8 Å². The molecule has 0 bridgehead atoms. The third-order valence-corrected chi connectivity index (χ3v) is 4.01. The maximum Gasteiger partial charge on any atom is 0.275 e. The lowest BCUT2D eigenvalue weighted by molar-refractivity contribution is -0.895. The van der Waals surface area contributed by atoms with Gasteiger partial charge in [-0.3, -0.25) is 4.79 Å². The number of aromatic nitrogens is 4. The molecule has 1 aromatic carbocycles. The summed E-state index contributed by atoms with van der Waals surface area (Å²) in [5.74, 6) is -0.00145. The summed E-state index contributed by atoms with van der Waals surface area (Å²) in [6, 6.07) is 6.13. The molecule has 2 aromatic rings. The number of quaternary nitrogens is 1. The molecule has 2 N–H and O–H groups in total. The molecule has 0 saturated carbocycles. The molecule has 0 saturated heterocycles. The van der Waals surface area contributed by atoms with Crippen LogP contribution in [0.2, 0.25) is 0 Å². The molecule has 1 amide bonds. The molecule has 0 radical (unpaired) electrons. The van der Waals surface area contributed by atoms with Gasteiger partial charge in [0.25, 0.3) is 5.91 Å². The molecular weight excluding hydrogens is 336 g/mol. The molecule has 0 fully saturated rings. The Labute approximate surface area is 153 Å². The molecule has 1 atom stereocenters. The van der Waals surface area contributed by atoms with Crippen molar-refractivity contribution in [3.8, 4) is 5.69 Å². The smallest absolute Gasteiger partial charge is 0.275 e. The first-order valence-electron chi connectivity index (χ1n) is 8.29. The van der Waals surface area contributed by atoms with E-state index in [2.05, 4.69) is 21.8 Å². The van der Waals surface area contributed by atoms with Crippen molar-refractivity contribution in [3.05, 3.63) is 34.1 Å². The second-order valence-corrected chi connectivity index (χ2v) is 7.92. The van der Waals surface area contributed by atoms with Crippen LogP contribution in [0.5, 0.6) is 0 Å². The lowest BCUT2D eigenvalue weighted by atomic mass is 10.1. The molecule has 1 aromatic heterocycles. The molecule has 25 heavy (non-hydrogen) atoms. The van der Waals surface area contributed by atoms with Crippen LogP contribution in [0.25, 0.3) is 5.69 Å². The van der Waals surface area contributed by atoms with Crippen molar-refractivity contribution in [1.82, 2.24) is 25.1 Å². The first kappa shape index (κ1) is 19.3. The highest BCUT2D eigenvalue weighted by Gasteiger charge is 2.18. The van der Waals surface area contributed by atoms with Gasteiger partial charge < -0.3 is 10.2 Å². The fourth-order valence-electron chi connectivity index (χ4n) is 2.52. The minimum atomic E-state index is -0.237. The lowest BCUT2D eigenvalue weighted by Crippen LogP contribution is -3.09. The Morgan fingerprint density at radius 3 is 2.60 bits per heavy atom. The Morgan fingerprint density at radius 1 is 1.28 bits per heavy atom. The number of carbonyl (C=O) groups excluding carboxylic acids is 1. The Morgan fingerprint density at radius 2 is 1.96 bits per heavy atom. The molecule has 0 spiro atoms. The van der Waals surface area contributed by atoms with E-state index in [9.17, 15) is 4.79 Å². The molecule has 0 aliphatic carbocycles. The number of likely N-dealkylation sites (N-methyl/N-ethyl adjacent to an activating group) is 1. The monoisotopic (exact) mass is 363 g/mol. The van der Waals surface area contributed by atoms with Crippen LogP contribution >= 0.6 is 12.2 Å². The largest absolute Gasteiger partial charge is 0.347 e. The van der Waals surface area contributed by atoms with Gasteiger partial charge in [0.15, 0.2) is 13.2 Å². The summed E-state index contributed by atoms with van der Waals surface area (Å²) in [7, 11) is 1.93. The number of aryl methyl sites for hydroxylation is 2. The summed E-state index contributed by atoms with van der Waals surface area (Å²) in [4.78, 5) is 13.0. The van der Waals surface area contributed by atoms with Crippen molar-refractivity contribution in [1.29, 1.82) is 0 Å². The van der Waals surface area contributed by atoms with Crippen molar-refractivity contribution in [2.24, 2.45) is 0 Å². The Bertz CT molecular complexity index is 817. The van der Waals surface area contributed by atoms with E-state index in [1.807, 2.05) is 53.8 Å². The van der Waals surface area contributed by atoms with Gasteiger partial charge in [-0.1, -0.05) is 12.1 Å². The normalized spacial score (nSPS) is 12.9. The van der Waals surface area contributed by atoms with Gasteiger partial charge >= 0.3 is 0 Å². The first-order valence-corrected chi connectivity index (χ1v) is 8.70. The van der Waals surface area contributed by atoms with Gasteiger partial charge in [-0.2, -0.15) is 9.36 Å². The molecule has 0 aliphatic rings. The zero-order valence-electron chi connectivity index (χ0n) is 15.8. The third-order valence-electron chi connectivity index (χ3n) is 3.63. The van der Waals surface area contributed by atoms with E-state index < -0.39 is 0 Å². The number of amides is 1. The van der Waals surface area contributed by atoms with Crippen LogP contribution in [0.1, 0.15) is 31.9 Å². The fraction of sp³-hybridized carbons (Fsp3) is 0.529. The number of hydrogen-bond acceptors (Lipinski definition) is 4. The summed E-state index contributed by atoms with van der Waals surface area (Å²) in [6.07, 6.45) is 0. The maximum atomic E-state index is 12.0. The summed E-state index contributed by atoms with van der Waals surface area (Å²) in [5.41, 5.74) is 2.91. The minimum Gasteiger partial charge on any atom is -0.347 e. The molecule has 7 nitrogen and oxygen atoms in total. The quantitative estimate of drug-likeness (QED) is 0.771. The average molecular weight is 364 g/mol. The van der Waals surface area contributed by atoms with Crippen LogP contribution in [-0.2, 0) is 11.5 Å². The van der Waals surface area contributed by atoms with Crippen LogP contribution in [0, 0.1) is 18.6 Å². The van der Waals surface area contributed by atoms with Crippen LogP contribution in [0.3, 0.4) is 0 Å². The summed E-state index contributed by atoms with van der Waals surface area (Å²) < 4.78 is 3.83. The molecule has 136 valence electrons. The van der Waals surface area contributed by atoms with E-state index in [0.29, 0.717) is 18.0 Å². The Hall–Kier alpha value is -2.06. The van der Waals surface area contributed by atoms with Crippen LogP contribution in [0.15, 0.2) is 18.2 Å². The van der Waals surface area contributed by atoms with Crippen LogP contribution in [-0.4, -0.2) is 44.8 Å². The summed E-state index contributed by atoms with van der Waals surface area (Å²) in [6.45, 7) is 10.8. The zero-order chi connectivity index (χ0) is 18.8. The van der Waals surface area contributed by atoms with E-state index in [0.717, 1.165) is 21.7 Å². The van der Waals surface area contributed by atoms with E-state index >= 15 is 0 Å². The molecule has 1 unspecified atom stereocenters. The van der Waals surface area contributed by atoms with Crippen molar-refractivity contribution >= 4 is 18.1 Å². The second kappa shape index (κ2) is 7.45. The summed E-state index contributed by atoms with van der Waals surface area (Å²) in [5, 5.41) is 11.3. The average Bonchev–Trinajstić information content (AvgIpc) is 2.80. The number of carbonyl (C=O) groups is 1. The van der Waals surface area contributed by atoms with Gasteiger partial charge in [0, 0.05) is 5.54 Å². The molecule has 0 aliphatic heterocycles. The van der Waals surface area contributed by atoms with Crippen LogP contribution in [0.4, 0.5) is 0 Å². The Kier molecular flexibility index (Phi) is 5.74. The number of benzene rings is 1. The van der Waals surface area contributed by atoms with E-state index in [-0.39, 0.29) is 11.4 Å². The topological polar surface area (TPSA) is 69.2 Å². The highest BCUT2D eigenvalue weighted by atomic mass is 32.1. The van der Waals surface area contributed by atoms with E-state index in [4.69, 9.17) is 12.2 Å². The van der Waals surface area contributed by atoms with E-state index in [1.54, 1.807) is 9.36 Å². The molecule has 1 heterocycles. The number of hydrogen-bond donors (Lipinski definition) is 2. The highest BCUT2D eigenvalue weighted by molar-refractivity contribution is 7.71. The summed E-state index contributed by atoms with van der Waals surface area (Å²) >= 11 is 5.52. The number of nitrogens with zero attached hydrogens (tertiary/aromatic N) is 4. The van der Waals surface area contributed by atoms with Gasteiger partial charge in [0.1, 0.15) is 0 Å². The third kappa shape index (κ3) is 5.20. The maximum absolute atomic E-state index is 12.0. The zero-order valence-corrected chi connectivity index (χ0v) is 16.6.